The predicted octanol–water partition coefficient (Wildman–Crippen LogP) is 5.75. The summed E-state index contributed by atoms with van der Waals surface area (Å²) in [4.78, 5) is 26.1. The van der Waals surface area contributed by atoms with Gasteiger partial charge in [-0.05, 0) is 66.6 Å². The molecule has 2 aromatic carbocycles. The van der Waals surface area contributed by atoms with Crippen LogP contribution in [-0.2, 0) is 17.8 Å². The zero-order valence-electron chi connectivity index (χ0n) is 17.8. The number of imide groups is 1. The molecule has 1 heterocycles. The summed E-state index contributed by atoms with van der Waals surface area (Å²) in [5.74, 6) is 0.427. The van der Waals surface area contributed by atoms with Crippen molar-refractivity contribution >= 4 is 29.0 Å². The highest BCUT2D eigenvalue weighted by Crippen LogP contribution is 2.37. The first-order valence-corrected chi connectivity index (χ1v) is 10.9. The second kappa shape index (κ2) is 10.8. The van der Waals surface area contributed by atoms with Gasteiger partial charge in [0, 0.05) is 12.1 Å². The Labute approximate surface area is 191 Å². The average Bonchev–Trinajstić information content (AvgIpc) is 3.02. The minimum Gasteiger partial charge on any atom is -0.490 e. The van der Waals surface area contributed by atoms with Crippen LogP contribution in [0, 0.1) is 5.82 Å². The molecule has 1 saturated heterocycles. The third-order valence-corrected chi connectivity index (χ3v) is 5.51. The maximum Gasteiger partial charge on any atom is 0.293 e. The van der Waals surface area contributed by atoms with Crippen LogP contribution >= 0.6 is 11.8 Å². The molecule has 0 saturated carbocycles. The second-order valence-corrected chi connectivity index (χ2v) is 7.92. The molecule has 0 spiro atoms. The molecule has 2 aromatic rings. The maximum absolute atomic E-state index is 13.2. The zero-order chi connectivity index (χ0) is 23.1. The number of halogens is 1. The van der Waals surface area contributed by atoms with Gasteiger partial charge in [0.05, 0.1) is 11.5 Å². The summed E-state index contributed by atoms with van der Waals surface area (Å²) in [6.45, 7) is 10.1. The van der Waals surface area contributed by atoms with E-state index in [0.717, 1.165) is 27.8 Å². The Bertz CT molecular complexity index is 1060. The number of benzene rings is 2. The fourth-order valence-electron chi connectivity index (χ4n) is 3.17. The SMILES string of the molecule is C=CCc1cc(/C=C2/SC(=O)N(CC=C)C2=O)cc(OCC)c1OCc1ccc(F)cc1. The predicted molar refractivity (Wildman–Crippen MR) is 125 cm³/mol. The summed E-state index contributed by atoms with van der Waals surface area (Å²) in [6.07, 6.45) is 5.45. The van der Waals surface area contributed by atoms with Gasteiger partial charge in [-0.2, -0.15) is 0 Å². The standard InChI is InChI=1S/C25H24FNO4S/c1-4-7-19-13-18(15-22-24(28)27(12-5-2)25(29)32-22)14-21(30-6-3)23(19)31-16-17-8-10-20(26)11-9-17/h4-5,8-11,13-15H,1-2,6-7,12,16H2,3H3/b22-15+. The third-order valence-electron chi connectivity index (χ3n) is 4.60. The van der Waals surface area contributed by atoms with E-state index in [0.29, 0.717) is 35.0 Å². The van der Waals surface area contributed by atoms with Crippen LogP contribution in [0.5, 0.6) is 11.5 Å². The van der Waals surface area contributed by atoms with E-state index in [-0.39, 0.29) is 30.1 Å². The van der Waals surface area contributed by atoms with E-state index in [2.05, 4.69) is 13.2 Å². The fraction of sp³-hybridized carbons (Fsp3) is 0.200. The lowest BCUT2D eigenvalue weighted by atomic mass is 10.0. The van der Waals surface area contributed by atoms with Gasteiger partial charge < -0.3 is 9.47 Å². The molecule has 2 amide bonds. The highest BCUT2D eigenvalue weighted by atomic mass is 32.2. The van der Waals surface area contributed by atoms with Crippen molar-refractivity contribution in [3.63, 3.8) is 0 Å². The van der Waals surface area contributed by atoms with Gasteiger partial charge in [0.15, 0.2) is 11.5 Å². The first-order valence-electron chi connectivity index (χ1n) is 10.1. The number of ether oxygens (including phenoxy) is 2. The van der Waals surface area contributed by atoms with Crippen molar-refractivity contribution in [3.05, 3.63) is 89.1 Å². The molecule has 166 valence electrons. The van der Waals surface area contributed by atoms with Gasteiger partial charge in [-0.25, -0.2) is 4.39 Å². The maximum atomic E-state index is 13.2. The van der Waals surface area contributed by atoms with Gasteiger partial charge in [0.25, 0.3) is 11.1 Å². The number of amides is 2. The van der Waals surface area contributed by atoms with Crippen molar-refractivity contribution in [1.29, 1.82) is 0 Å². The Hall–Kier alpha value is -3.32. The van der Waals surface area contributed by atoms with Crippen molar-refractivity contribution in [2.24, 2.45) is 0 Å². The minimum absolute atomic E-state index is 0.171. The molecule has 0 N–H and O–H groups in total. The van der Waals surface area contributed by atoms with Crippen LogP contribution in [0.25, 0.3) is 6.08 Å². The van der Waals surface area contributed by atoms with E-state index in [9.17, 15) is 14.0 Å². The number of rotatable bonds is 10. The van der Waals surface area contributed by atoms with E-state index in [1.165, 1.54) is 18.2 Å². The lowest BCUT2D eigenvalue weighted by Gasteiger charge is -2.17. The number of hydrogen-bond donors (Lipinski definition) is 0. The summed E-state index contributed by atoms with van der Waals surface area (Å²) in [6, 6.07) is 9.75. The van der Waals surface area contributed by atoms with Gasteiger partial charge >= 0.3 is 0 Å². The Morgan fingerprint density at radius 1 is 1.09 bits per heavy atom. The number of carbonyl (C=O) groups is 2. The molecule has 1 aliphatic rings. The van der Waals surface area contributed by atoms with Crippen LogP contribution < -0.4 is 9.47 Å². The molecule has 0 aromatic heterocycles. The summed E-state index contributed by atoms with van der Waals surface area (Å²) >= 11 is 0.896. The van der Waals surface area contributed by atoms with Gasteiger partial charge in [-0.3, -0.25) is 14.5 Å². The molecule has 3 rings (SSSR count). The summed E-state index contributed by atoms with van der Waals surface area (Å²) in [5.41, 5.74) is 2.35. The van der Waals surface area contributed by atoms with Crippen LogP contribution in [0.2, 0.25) is 0 Å². The minimum atomic E-state index is -0.347. The van der Waals surface area contributed by atoms with E-state index in [1.54, 1.807) is 30.4 Å². The molecule has 1 aliphatic heterocycles. The van der Waals surface area contributed by atoms with Crippen molar-refractivity contribution in [2.45, 2.75) is 20.0 Å². The van der Waals surface area contributed by atoms with Crippen LogP contribution in [0.4, 0.5) is 9.18 Å². The van der Waals surface area contributed by atoms with Crippen molar-refractivity contribution in [2.75, 3.05) is 13.2 Å². The highest BCUT2D eigenvalue weighted by molar-refractivity contribution is 8.18. The van der Waals surface area contributed by atoms with Gasteiger partial charge in [0.1, 0.15) is 12.4 Å². The Morgan fingerprint density at radius 3 is 2.50 bits per heavy atom. The van der Waals surface area contributed by atoms with E-state index >= 15 is 0 Å². The van der Waals surface area contributed by atoms with Gasteiger partial charge in [-0.1, -0.05) is 24.3 Å². The topological polar surface area (TPSA) is 55.8 Å². The molecule has 0 radical (unpaired) electrons. The third kappa shape index (κ3) is 5.48. The molecule has 32 heavy (non-hydrogen) atoms. The van der Waals surface area contributed by atoms with Crippen LogP contribution in [-0.4, -0.2) is 29.2 Å². The molecule has 7 heteroatoms. The number of allylic oxidation sites excluding steroid dienone is 1. The van der Waals surface area contributed by atoms with Gasteiger partial charge in [0.2, 0.25) is 0 Å². The lowest BCUT2D eigenvalue weighted by Crippen LogP contribution is -2.27. The molecule has 1 fully saturated rings. The number of nitrogens with zero attached hydrogens (tertiary/aromatic N) is 1. The van der Waals surface area contributed by atoms with E-state index in [4.69, 9.17) is 9.47 Å². The molecule has 0 unspecified atom stereocenters. The molecular formula is C25H24FNO4S. The molecule has 0 bridgehead atoms. The second-order valence-electron chi connectivity index (χ2n) is 6.93. The van der Waals surface area contributed by atoms with Crippen molar-refractivity contribution < 1.29 is 23.5 Å². The Balaban J connectivity index is 1.94. The molecule has 0 aliphatic carbocycles. The Kier molecular flexibility index (Phi) is 7.89. The zero-order valence-corrected chi connectivity index (χ0v) is 18.6. The smallest absolute Gasteiger partial charge is 0.293 e. The van der Waals surface area contributed by atoms with Crippen molar-refractivity contribution in [1.82, 2.24) is 4.90 Å². The normalized spacial score (nSPS) is 14.7. The number of carbonyl (C=O) groups excluding carboxylic acids is 2. The van der Waals surface area contributed by atoms with Crippen molar-refractivity contribution in [3.8, 4) is 11.5 Å². The first kappa shape index (κ1) is 23.3. The number of hydrogen-bond acceptors (Lipinski definition) is 5. The molecule has 5 nitrogen and oxygen atoms in total. The summed E-state index contributed by atoms with van der Waals surface area (Å²) < 4.78 is 25.0. The molecule has 0 atom stereocenters. The van der Waals surface area contributed by atoms with Gasteiger partial charge in [-0.15, -0.1) is 13.2 Å². The summed E-state index contributed by atoms with van der Waals surface area (Å²) in [7, 11) is 0. The quantitative estimate of drug-likeness (QED) is 0.338. The van der Waals surface area contributed by atoms with Crippen LogP contribution in [0.1, 0.15) is 23.6 Å². The van der Waals surface area contributed by atoms with Crippen LogP contribution in [0.15, 0.2) is 66.6 Å². The average molecular weight is 454 g/mol. The number of thioether (sulfide) groups is 1. The van der Waals surface area contributed by atoms with E-state index < -0.39 is 0 Å². The lowest BCUT2D eigenvalue weighted by molar-refractivity contribution is -0.122. The fourth-order valence-corrected chi connectivity index (χ4v) is 4.02. The molecular weight excluding hydrogens is 429 g/mol. The first-order chi connectivity index (χ1) is 15.5. The van der Waals surface area contributed by atoms with Crippen LogP contribution in [0.3, 0.4) is 0 Å². The largest absolute Gasteiger partial charge is 0.490 e. The Morgan fingerprint density at radius 2 is 1.84 bits per heavy atom. The highest BCUT2D eigenvalue weighted by Gasteiger charge is 2.34. The van der Waals surface area contributed by atoms with E-state index in [1.807, 2.05) is 13.0 Å². The summed E-state index contributed by atoms with van der Waals surface area (Å²) in [5, 5.41) is -0.322. The monoisotopic (exact) mass is 453 g/mol.